The third-order valence-corrected chi connectivity index (χ3v) is 2.27. The van der Waals surface area contributed by atoms with E-state index in [1.807, 2.05) is 0 Å². The lowest BCUT2D eigenvalue weighted by molar-refractivity contribution is -0.109. The molecule has 0 aromatic heterocycles. The van der Waals surface area contributed by atoms with Crippen molar-refractivity contribution < 1.29 is 4.79 Å². The highest BCUT2D eigenvalue weighted by Gasteiger charge is 2.19. The van der Waals surface area contributed by atoms with Crippen LogP contribution in [0.1, 0.15) is 12.8 Å². The average Bonchev–Trinajstić information content (AvgIpc) is 2.14. The summed E-state index contributed by atoms with van der Waals surface area (Å²) in [5, 5.41) is 3.12. The molecule has 0 radical (unpaired) electrons. The van der Waals surface area contributed by atoms with Gasteiger partial charge in [0.25, 0.3) is 0 Å². The number of halogens is 1. The summed E-state index contributed by atoms with van der Waals surface area (Å²) in [4.78, 5) is 10.1. The van der Waals surface area contributed by atoms with E-state index in [1.165, 1.54) is 0 Å². The number of rotatable bonds is 1. The van der Waals surface area contributed by atoms with Crippen LogP contribution in [0.3, 0.4) is 0 Å². The van der Waals surface area contributed by atoms with E-state index in [9.17, 15) is 4.79 Å². The molecule has 0 aromatic carbocycles. The van der Waals surface area contributed by atoms with E-state index >= 15 is 0 Å². The standard InChI is InChI=1S/C5H8INO/c6-5-2-1-4(3-8)7-5/h3-5,7H,1-2H2/t4-,5?/m0/s1. The van der Waals surface area contributed by atoms with Crippen molar-refractivity contribution in [2.75, 3.05) is 0 Å². The van der Waals surface area contributed by atoms with E-state index in [-0.39, 0.29) is 6.04 Å². The van der Waals surface area contributed by atoms with E-state index in [0.717, 1.165) is 19.1 Å². The summed E-state index contributed by atoms with van der Waals surface area (Å²) in [5.74, 6) is 0. The Bertz CT molecular complexity index is 96.4. The van der Waals surface area contributed by atoms with Crippen molar-refractivity contribution in [1.29, 1.82) is 0 Å². The quantitative estimate of drug-likeness (QED) is 0.308. The fourth-order valence-corrected chi connectivity index (χ4v) is 1.65. The number of aldehydes is 1. The highest BCUT2D eigenvalue weighted by atomic mass is 127. The van der Waals surface area contributed by atoms with Crippen molar-refractivity contribution in [3.63, 3.8) is 0 Å². The van der Waals surface area contributed by atoms with Gasteiger partial charge in [-0.25, -0.2) is 0 Å². The predicted octanol–water partition coefficient (Wildman–Crippen LogP) is 0.698. The monoisotopic (exact) mass is 225 g/mol. The number of alkyl halides is 1. The summed E-state index contributed by atoms with van der Waals surface area (Å²) >= 11 is 2.30. The summed E-state index contributed by atoms with van der Waals surface area (Å²) in [7, 11) is 0. The van der Waals surface area contributed by atoms with Crippen LogP contribution in [0.5, 0.6) is 0 Å². The minimum atomic E-state index is 0.136. The van der Waals surface area contributed by atoms with Crippen molar-refractivity contribution in [3.05, 3.63) is 0 Å². The molecule has 1 N–H and O–H groups in total. The number of carbonyl (C=O) groups is 1. The van der Waals surface area contributed by atoms with Crippen LogP contribution in [-0.4, -0.2) is 16.4 Å². The van der Waals surface area contributed by atoms with Gasteiger partial charge >= 0.3 is 0 Å². The molecule has 2 atom stereocenters. The second-order valence-electron chi connectivity index (χ2n) is 1.95. The second kappa shape index (κ2) is 2.77. The first-order valence-corrected chi connectivity index (χ1v) is 3.93. The van der Waals surface area contributed by atoms with Crippen LogP contribution in [0.4, 0.5) is 0 Å². The predicted molar refractivity (Wildman–Crippen MR) is 40.0 cm³/mol. The molecule has 3 heteroatoms. The zero-order valence-electron chi connectivity index (χ0n) is 4.43. The summed E-state index contributed by atoms with van der Waals surface area (Å²) in [6.07, 6.45) is 3.12. The third-order valence-electron chi connectivity index (χ3n) is 1.29. The molecule has 46 valence electrons. The van der Waals surface area contributed by atoms with Crippen LogP contribution < -0.4 is 5.32 Å². The van der Waals surface area contributed by atoms with Crippen molar-refractivity contribution in [1.82, 2.24) is 5.32 Å². The van der Waals surface area contributed by atoms with Gasteiger partial charge in [0.1, 0.15) is 6.29 Å². The lowest BCUT2D eigenvalue weighted by Gasteiger charge is -1.99. The van der Waals surface area contributed by atoms with Crippen LogP contribution >= 0.6 is 22.6 Å². The fraction of sp³-hybridized carbons (Fsp3) is 0.800. The highest BCUT2D eigenvalue weighted by Crippen LogP contribution is 2.15. The van der Waals surface area contributed by atoms with Gasteiger partial charge in [-0.1, -0.05) is 22.6 Å². The maximum absolute atomic E-state index is 10.1. The maximum atomic E-state index is 10.1. The van der Waals surface area contributed by atoms with Crippen molar-refractivity contribution >= 4 is 28.9 Å². The van der Waals surface area contributed by atoms with Gasteiger partial charge in [0.15, 0.2) is 0 Å². The Morgan fingerprint density at radius 1 is 1.62 bits per heavy atom. The molecule has 1 fully saturated rings. The van der Waals surface area contributed by atoms with Crippen LogP contribution in [-0.2, 0) is 4.79 Å². The van der Waals surface area contributed by atoms with Gasteiger partial charge in [0.2, 0.25) is 0 Å². The molecule has 1 unspecified atom stereocenters. The van der Waals surface area contributed by atoms with E-state index in [0.29, 0.717) is 4.05 Å². The van der Waals surface area contributed by atoms with Gasteiger partial charge < -0.3 is 4.79 Å². The smallest absolute Gasteiger partial charge is 0.136 e. The van der Waals surface area contributed by atoms with Crippen molar-refractivity contribution in [3.8, 4) is 0 Å². The topological polar surface area (TPSA) is 29.1 Å². The minimum Gasteiger partial charge on any atom is -0.302 e. The molecule has 1 heterocycles. The number of hydrogen-bond donors (Lipinski definition) is 1. The highest BCUT2D eigenvalue weighted by molar-refractivity contribution is 14.1. The van der Waals surface area contributed by atoms with E-state index in [2.05, 4.69) is 27.9 Å². The molecule has 1 rings (SSSR count). The van der Waals surface area contributed by atoms with Gasteiger partial charge in [-0.2, -0.15) is 0 Å². The van der Waals surface area contributed by atoms with Gasteiger partial charge in [-0.05, 0) is 12.8 Å². The lowest BCUT2D eigenvalue weighted by atomic mass is 10.2. The Morgan fingerprint density at radius 2 is 2.38 bits per heavy atom. The summed E-state index contributed by atoms with van der Waals surface area (Å²) in [6, 6.07) is 0.136. The minimum absolute atomic E-state index is 0.136. The zero-order valence-corrected chi connectivity index (χ0v) is 6.59. The fourth-order valence-electron chi connectivity index (χ4n) is 0.832. The summed E-state index contributed by atoms with van der Waals surface area (Å²) in [5.41, 5.74) is 0. The van der Waals surface area contributed by atoms with Crippen LogP contribution in [0.25, 0.3) is 0 Å². The number of carbonyl (C=O) groups excluding carboxylic acids is 1. The van der Waals surface area contributed by atoms with Crippen LogP contribution in [0.15, 0.2) is 0 Å². The number of hydrogen-bond acceptors (Lipinski definition) is 2. The molecule has 0 aromatic rings. The van der Waals surface area contributed by atoms with Gasteiger partial charge in [-0.15, -0.1) is 0 Å². The first-order valence-electron chi connectivity index (χ1n) is 2.68. The third kappa shape index (κ3) is 1.42. The first-order chi connectivity index (χ1) is 3.83. The van der Waals surface area contributed by atoms with Gasteiger partial charge in [-0.3, -0.25) is 5.32 Å². The maximum Gasteiger partial charge on any atom is 0.136 e. The SMILES string of the molecule is O=C[C@@H]1CCC(I)N1. The second-order valence-corrected chi connectivity index (χ2v) is 3.46. The molecule has 1 aliphatic heterocycles. The Kier molecular flexibility index (Phi) is 2.25. The molecule has 0 saturated carbocycles. The number of nitrogens with one attached hydrogen (secondary N) is 1. The molecular formula is C5H8INO. The summed E-state index contributed by atoms with van der Waals surface area (Å²) in [6.45, 7) is 0. The Labute approximate surface area is 62.2 Å². The molecule has 1 aliphatic rings. The zero-order chi connectivity index (χ0) is 5.98. The Balaban J connectivity index is 2.32. The van der Waals surface area contributed by atoms with E-state index < -0.39 is 0 Å². The molecule has 0 bridgehead atoms. The van der Waals surface area contributed by atoms with Crippen molar-refractivity contribution in [2.45, 2.75) is 22.9 Å². The molecule has 0 aliphatic carbocycles. The molecule has 8 heavy (non-hydrogen) atoms. The van der Waals surface area contributed by atoms with Gasteiger partial charge in [0.05, 0.1) is 10.1 Å². The first kappa shape index (κ1) is 6.48. The molecule has 1 saturated heterocycles. The molecular weight excluding hydrogens is 217 g/mol. The van der Waals surface area contributed by atoms with Gasteiger partial charge in [0, 0.05) is 0 Å². The Morgan fingerprint density at radius 3 is 2.62 bits per heavy atom. The lowest BCUT2D eigenvalue weighted by Crippen LogP contribution is -2.26. The molecule has 0 spiro atoms. The Hall–Kier alpha value is 0.360. The van der Waals surface area contributed by atoms with Crippen molar-refractivity contribution in [2.24, 2.45) is 0 Å². The van der Waals surface area contributed by atoms with E-state index in [1.54, 1.807) is 0 Å². The van der Waals surface area contributed by atoms with Crippen LogP contribution in [0, 0.1) is 0 Å². The molecule has 0 amide bonds. The normalized spacial score (nSPS) is 37.6. The average molecular weight is 225 g/mol. The molecule has 2 nitrogen and oxygen atoms in total. The largest absolute Gasteiger partial charge is 0.302 e. The van der Waals surface area contributed by atoms with Crippen LogP contribution in [0.2, 0.25) is 0 Å². The summed E-state index contributed by atoms with van der Waals surface area (Å²) < 4.78 is 0.516. The van der Waals surface area contributed by atoms with E-state index in [4.69, 9.17) is 0 Å².